The number of carboxylic acid groups (broad SMARTS) is 1. The third kappa shape index (κ3) is 4.38. The summed E-state index contributed by atoms with van der Waals surface area (Å²) in [5.74, 6) is 0.673. The van der Waals surface area contributed by atoms with Gasteiger partial charge in [-0.1, -0.05) is 24.3 Å². The Hall–Kier alpha value is -3.28. The number of para-hydroxylation sites is 1. The first-order valence-electron chi connectivity index (χ1n) is 7.95. The number of benzene rings is 2. The molecule has 2 aromatic carbocycles. The molecule has 25 heavy (non-hydrogen) atoms. The summed E-state index contributed by atoms with van der Waals surface area (Å²) in [6.07, 6.45) is -1.06. The minimum Gasteiger partial charge on any atom is -0.492 e. The molecule has 1 aromatic heterocycles. The van der Waals surface area contributed by atoms with Crippen LogP contribution in [-0.2, 0) is 0 Å². The van der Waals surface area contributed by atoms with Gasteiger partial charge in [0.1, 0.15) is 12.4 Å². The van der Waals surface area contributed by atoms with Crippen molar-refractivity contribution in [3.8, 4) is 5.75 Å². The first-order chi connectivity index (χ1) is 12.1. The van der Waals surface area contributed by atoms with Gasteiger partial charge in [0, 0.05) is 28.5 Å². The molecule has 0 saturated heterocycles. The molecule has 0 fully saturated rings. The number of amides is 1. The summed E-state index contributed by atoms with van der Waals surface area (Å²) in [6.45, 7) is 2.47. The van der Waals surface area contributed by atoms with E-state index >= 15 is 0 Å². The zero-order valence-electron chi connectivity index (χ0n) is 13.8. The molecular weight excluding hydrogens is 318 g/mol. The minimum absolute atomic E-state index is 0.237. The van der Waals surface area contributed by atoms with Gasteiger partial charge >= 0.3 is 6.09 Å². The lowest BCUT2D eigenvalue weighted by Gasteiger charge is -2.12. The highest BCUT2D eigenvalue weighted by molar-refractivity contribution is 5.93. The van der Waals surface area contributed by atoms with Gasteiger partial charge < -0.3 is 20.5 Å². The SMILES string of the molecule is Cc1cc(Nc2cccc(OCCNC(=O)O)c2)c2ccccc2n1. The molecule has 128 valence electrons. The van der Waals surface area contributed by atoms with Crippen LogP contribution in [0.15, 0.2) is 54.6 Å². The monoisotopic (exact) mass is 337 g/mol. The lowest BCUT2D eigenvalue weighted by Crippen LogP contribution is -2.26. The zero-order chi connectivity index (χ0) is 17.6. The number of anilines is 2. The largest absolute Gasteiger partial charge is 0.492 e. The number of hydrogen-bond acceptors (Lipinski definition) is 4. The van der Waals surface area contributed by atoms with E-state index in [1.807, 2.05) is 61.5 Å². The van der Waals surface area contributed by atoms with Crippen LogP contribution in [0, 0.1) is 6.92 Å². The molecule has 0 saturated carbocycles. The van der Waals surface area contributed by atoms with E-state index in [1.54, 1.807) is 0 Å². The molecule has 3 rings (SSSR count). The molecule has 0 aliphatic carbocycles. The van der Waals surface area contributed by atoms with Crippen molar-refractivity contribution in [2.24, 2.45) is 0 Å². The number of nitrogens with one attached hydrogen (secondary N) is 2. The number of aryl methyl sites for hydroxylation is 1. The minimum atomic E-state index is -1.06. The average Bonchev–Trinajstić information content (AvgIpc) is 2.59. The van der Waals surface area contributed by atoms with Gasteiger partial charge in [-0.3, -0.25) is 4.98 Å². The van der Waals surface area contributed by atoms with Crippen LogP contribution in [0.2, 0.25) is 0 Å². The van der Waals surface area contributed by atoms with E-state index in [9.17, 15) is 4.79 Å². The number of hydrogen-bond donors (Lipinski definition) is 3. The maximum atomic E-state index is 10.4. The maximum absolute atomic E-state index is 10.4. The predicted molar refractivity (Wildman–Crippen MR) is 97.7 cm³/mol. The Morgan fingerprint density at radius 3 is 2.84 bits per heavy atom. The molecule has 0 aliphatic rings. The van der Waals surface area contributed by atoms with Crippen molar-refractivity contribution in [2.75, 3.05) is 18.5 Å². The molecule has 1 heterocycles. The smallest absolute Gasteiger partial charge is 0.404 e. The first kappa shape index (κ1) is 16.6. The van der Waals surface area contributed by atoms with Crippen molar-refractivity contribution in [1.82, 2.24) is 10.3 Å². The highest BCUT2D eigenvalue weighted by Gasteiger charge is 2.05. The molecule has 0 unspecified atom stereocenters. The number of fused-ring (bicyclic) bond motifs is 1. The topological polar surface area (TPSA) is 83.5 Å². The molecule has 0 radical (unpaired) electrons. The normalized spacial score (nSPS) is 10.4. The van der Waals surface area contributed by atoms with E-state index in [0.29, 0.717) is 5.75 Å². The van der Waals surface area contributed by atoms with Crippen molar-refractivity contribution >= 4 is 28.4 Å². The molecule has 0 spiro atoms. The van der Waals surface area contributed by atoms with Crippen LogP contribution in [0.1, 0.15) is 5.69 Å². The Morgan fingerprint density at radius 2 is 2.00 bits per heavy atom. The van der Waals surface area contributed by atoms with Crippen LogP contribution in [0.3, 0.4) is 0 Å². The van der Waals surface area contributed by atoms with E-state index in [1.165, 1.54) is 0 Å². The third-order valence-corrected chi connectivity index (χ3v) is 3.60. The quantitative estimate of drug-likeness (QED) is 0.594. The Kier molecular flexibility index (Phi) is 4.99. The fourth-order valence-corrected chi connectivity index (χ4v) is 2.56. The Labute approximate surface area is 145 Å². The second kappa shape index (κ2) is 7.53. The predicted octanol–water partition coefficient (Wildman–Crippen LogP) is 3.93. The number of ether oxygens (including phenoxy) is 1. The molecular formula is C19H19N3O3. The van der Waals surface area contributed by atoms with E-state index < -0.39 is 6.09 Å². The fraction of sp³-hybridized carbons (Fsp3) is 0.158. The highest BCUT2D eigenvalue weighted by Crippen LogP contribution is 2.27. The fourth-order valence-electron chi connectivity index (χ4n) is 2.56. The van der Waals surface area contributed by atoms with Gasteiger partial charge in [0.15, 0.2) is 0 Å². The van der Waals surface area contributed by atoms with Gasteiger partial charge in [-0.25, -0.2) is 4.79 Å². The van der Waals surface area contributed by atoms with Crippen LogP contribution >= 0.6 is 0 Å². The number of rotatable bonds is 6. The molecule has 0 atom stereocenters. The molecule has 1 amide bonds. The van der Waals surface area contributed by atoms with E-state index in [-0.39, 0.29) is 13.2 Å². The number of pyridine rings is 1. The third-order valence-electron chi connectivity index (χ3n) is 3.60. The summed E-state index contributed by atoms with van der Waals surface area (Å²) in [6, 6.07) is 17.5. The van der Waals surface area contributed by atoms with E-state index in [2.05, 4.69) is 15.6 Å². The molecule has 3 N–H and O–H groups in total. The summed E-state index contributed by atoms with van der Waals surface area (Å²) in [5.41, 5.74) is 3.75. The van der Waals surface area contributed by atoms with Crippen molar-refractivity contribution in [2.45, 2.75) is 6.92 Å². The van der Waals surface area contributed by atoms with Crippen molar-refractivity contribution in [1.29, 1.82) is 0 Å². The number of nitrogens with zero attached hydrogens (tertiary/aromatic N) is 1. The van der Waals surface area contributed by atoms with Crippen LogP contribution in [-0.4, -0.2) is 29.3 Å². The lowest BCUT2D eigenvalue weighted by molar-refractivity contribution is 0.191. The maximum Gasteiger partial charge on any atom is 0.404 e. The first-order valence-corrected chi connectivity index (χ1v) is 7.95. The van der Waals surface area contributed by atoms with Gasteiger partial charge in [0.05, 0.1) is 12.1 Å². The summed E-state index contributed by atoms with van der Waals surface area (Å²) in [7, 11) is 0. The Morgan fingerprint density at radius 1 is 1.16 bits per heavy atom. The van der Waals surface area contributed by atoms with Gasteiger partial charge in [0.2, 0.25) is 0 Å². The van der Waals surface area contributed by atoms with Crippen molar-refractivity contribution < 1.29 is 14.6 Å². The van der Waals surface area contributed by atoms with Gasteiger partial charge in [0.25, 0.3) is 0 Å². The molecule has 0 aliphatic heterocycles. The van der Waals surface area contributed by atoms with Crippen LogP contribution in [0.4, 0.5) is 16.2 Å². The highest BCUT2D eigenvalue weighted by atomic mass is 16.5. The Bertz CT molecular complexity index is 896. The van der Waals surface area contributed by atoms with Crippen LogP contribution < -0.4 is 15.4 Å². The molecule has 0 bridgehead atoms. The van der Waals surface area contributed by atoms with Gasteiger partial charge in [-0.2, -0.15) is 0 Å². The average molecular weight is 337 g/mol. The summed E-state index contributed by atoms with van der Waals surface area (Å²) >= 11 is 0. The summed E-state index contributed by atoms with van der Waals surface area (Å²) in [5, 5.41) is 15.3. The summed E-state index contributed by atoms with van der Waals surface area (Å²) in [4.78, 5) is 15.0. The van der Waals surface area contributed by atoms with Gasteiger partial charge in [-0.15, -0.1) is 0 Å². The Balaban J connectivity index is 1.75. The standard InChI is InChI=1S/C19H19N3O3/c1-13-11-18(16-7-2-3-8-17(16)21-13)22-14-5-4-6-15(12-14)25-10-9-20-19(23)24/h2-8,11-12,20H,9-10H2,1H3,(H,21,22)(H,23,24). The second-order valence-corrected chi connectivity index (χ2v) is 5.56. The summed E-state index contributed by atoms with van der Waals surface area (Å²) < 4.78 is 5.57. The number of carbonyl (C=O) groups is 1. The zero-order valence-corrected chi connectivity index (χ0v) is 13.8. The molecule has 6 nitrogen and oxygen atoms in total. The van der Waals surface area contributed by atoms with Crippen molar-refractivity contribution in [3.05, 3.63) is 60.3 Å². The van der Waals surface area contributed by atoms with Crippen molar-refractivity contribution in [3.63, 3.8) is 0 Å². The van der Waals surface area contributed by atoms with E-state index in [4.69, 9.17) is 9.84 Å². The number of aromatic nitrogens is 1. The molecule has 3 aromatic rings. The van der Waals surface area contributed by atoms with E-state index in [0.717, 1.165) is 28.0 Å². The van der Waals surface area contributed by atoms with Gasteiger partial charge in [-0.05, 0) is 31.2 Å². The second-order valence-electron chi connectivity index (χ2n) is 5.56. The van der Waals surface area contributed by atoms with Crippen LogP contribution in [0.5, 0.6) is 5.75 Å². The molecule has 6 heteroatoms. The lowest BCUT2D eigenvalue weighted by atomic mass is 10.1. The van der Waals surface area contributed by atoms with Crippen LogP contribution in [0.25, 0.3) is 10.9 Å².